The Balaban J connectivity index is 1.82. The van der Waals surface area contributed by atoms with Crippen molar-refractivity contribution in [1.29, 1.82) is 0 Å². The number of nitrogens with zero attached hydrogens (tertiary/aromatic N) is 2. The number of aliphatic hydroxyl groups excluding tert-OH is 1. The highest BCUT2D eigenvalue weighted by Crippen LogP contribution is 2.23. The third kappa shape index (κ3) is 3.22. The van der Waals surface area contributed by atoms with Gasteiger partial charge in [0.25, 0.3) is 0 Å². The molecule has 0 aliphatic carbocycles. The summed E-state index contributed by atoms with van der Waals surface area (Å²) in [4.78, 5) is 4.58. The summed E-state index contributed by atoms with van der Waals surface area (Å²) in [6.07, 6.45) is 0.0861. The standard InChI is InChI=1S/C19H22N2O2/c1-3-17(22)19-20-15-9-5-6-10-16(15)21(19)12-13-23-18-11-7-4-8-14(18)2/h4-11,17,22H,3,12-13H2,1-2H3/t17-/m0/s1. The number of aliphatic hydroxyl groups is 1. The molecule has 1 atom stereocenters. The number of aromatic nitrogens is 2. The minimum atomic E-state index is -0.555. The first-order valence-corrected chi connectivity index (χ1v) is 8.02. The topological polar surface area (TPSA) is 47.3 Å². The van der Waals surface area contributed by atoms with E-state index in [4.69, 9.17) is 4.74 Å². The van der Waals surface area contributed by atoms with Gasteiger partial charge in [-0.1, -0.05) is 37.3 Å². The molecule has 3 rings (SSSR count). The lowest BCUT2D eigenvalue weighted by Crippen LogP contribution is -2.14. The van der Waals surface area contributed by atoms with Gasteiger partial charge in [-0.25, -0.2) is 4.98 Å². The number of fused-ring (bicyclic) bond motifs is 1. The molecule has 120 valence electrons. The second kappa shape index (κ2) is 6.84. The van der Waals surface area contributed by atoms with Crippen LogP contribution < -0.4 is 4.74 Å². The van der Waals surface area contributed by atoms with Crippen molar-refractivity contribution in [3.63, 3.8) is 0 Å². The molecule has 23 heavy (non-hydrogen) atoms. The Bertz CT molecular complexity index is 795. The lowest BCUT2D eigenvalue weighted by molar-refractivity contribution is 0.157. The zero-order valence-electron chi connectivity index (χ0n) is 13.6. The molecule has 1 heterocycles. The van der Waals surface area contributed by atoms with Crippen LogP contribution in [0.1, 0.15) is 30.8 Å². The van der Waals surface area contributed by atoms with Crippen LogP contribution in [0.25, 0.3) is 11.0 Å². The van der Waals surface area contributed by atoms with Crippen molar-refractivity contribution in [2.45, 2.75) is 32.9 Å². The second-order valence-electron chi connectivity index (χ2n) is 5.65. The molecule has 3 aromatic rings. The highest BCUT2D eigenvalue weighted by molar-refractivity contribution is 5.76. The van der Waals surface area contributed by atoms with Gasteiger partial charge < -0.3 is 14.4 Å². The van der Waals surface area contributed by atoms with E-state index >= 15 is 0 Å². The van der Waals surface area contributed by atoms with Crippen LogP contribution in [-0.2, 0) is 6.54 Å². The molecular formula is C19H22N2O2. The molecule has 0 radical (unpaired) electrons. The van der Waals surface area contributed by atoms with Crippen molar-refractivity contribution < 1.29 is 9.84 Å². The number of rotatable bonds is 6. The van der Waals surface area contributed by atoms with Crippen LogP contribution in [0, 0.1) is 6.92 Å². The molecule has 0 fully saturated rings. The summed E-state index contributed by atoms with van der Waals surface area (Å²) in [5, 5.41) is 10.2. The fourth-order valence-electron chi connectivity index (χ4n) is 2.73. The zero-order chi connectivity index (χ0) is 16.2. The van der Waals surface area contributed by atoms with Gasteiger partial charge in [-0.15, -0.1) is 0 Å². The lowest BCUT2D eigenvalue weighted by Gasteiger charge is -2.14. The van der Waals surface area contributed by atoms with Gasteiger partial charge in [0.2, 0.25) is 0 Å². The van der Waals surface area contributed by atoms with Gasteiger partial charge in [-0.05, 0) is 37.1 Å². The third-order valence-corrected chi connectivity index (χ3v) is 4.03. The average Bonchev–Trinajstić information content (AvgIpc) is 2.95. The van der Waals surface area contributed by atoms with Crippen LogP contribution >= 0.6 is 0 Å². The number of para-hydroxylation sites is 3. The van der Waals surface area contributed by atoms with E-state index in [9.17, 15) is 5.11 Å². The highest BCUT2D eigenvalue weighted by atomic mass is 16.5. The number of imidazole rings is 1. The molecule has 0 aliphatic heterocycles. The fraction of sp³-hybridized carbons (Fsp3) is 0.316. The van der Waals surface area contributed by atoms with E-state index in [1.165, 1.54) is 0 Å². The van der Waals surface area contributed by atoms with Crippen molar-refractivity contribution in [2.24, 2.45) is 0 Å². The maximum atomic E-state index is 10.2. The number of hydrogen-bond donors (Lipinski definition) is 1. The van der Waals surface area contributed by atoms with Crippen molar-refractivity contribution >= 4 is 11.0 Å². The third-order valence-electron chi connectivity index (χ3n) is 4.03. The predicted octanol–water partition coefficient (Wildman–Crippen LogP) is 3.87. The quantitative estimate of drug-likeness (QED) is 0.752. The largest absolute Gasteiger partial charge is 0.491 e. The van der Waals surface area contributed by atoms with Crippen molar-refractivity contribution in [3.05, 3.63) is 59.9 Å². The van der Waals surface area contributed by atoms with E-state index in [1.54, 1.807) is 0 Å². The van der Waals surface area contributed by atoms with Gasteiger partial charge in [0, 0.05) is 0 Å². The first-order chi connectivity index (χ1) is 11.2. The second-order valence-corrected chi connectivity index (χ2v) is 5.65. The Hall–Kier alpha value is -2.33. The first-order valence-electron chi connectivity index (χ1n) is 8.02. The Kier molecular flexibility index (Phi) is 4.63. The van der Waals surface area contributed by atoms with Crippen LogP contribution in [0.3, 0.4) is 0 Å². The normalized spacial score (nSPS) is 12.5. The van der Waals surface area contributed by atoms with E-state index in [-0.39, 0.29) is 0 Å². The summed E-state index contributed by atoms with van der Waals surface area (Å²) >= 11 is 0. The van der Waals surface area contributed by atoms with E-state index in [0.29, 0.717) is 25.4 Å². The van der Waals surface area contributed by atoms with E-state index in [1.807, 2.05) is 62.4 Å². The molecule has 0 bridgehead atoms. The maximum Gasteiger partial charge on any atom is 0.138 e. The molecule has 0 unspecified atom stereocenters. The van der Waals surface area contributed by atoms with Crippen LogP contribution in [0.4, 0.5) is 0 Å². The Morgan fingerprint density at radius 1 is 1.13 bits per heavy atom. The SMILES string of the molecule is CC[C@H](O)c1nc2ccccc2n1CCOc1ccccc1C. The molecule has 1 aromatic heterocycles. The summed E-state index contributed by atoms with van der Waals surface area (Å²) in [7, 11) is 0. The molecule has 4 nitrogen and oxygen atoms in total. The molecule has 4 heteroatoms. The van der Waals surface area contributed by atoms with Crippen LogP contribution in [0.15, 0.2) is 48.5 Å². The van der Waals surface area contributed by atoms with Crippen molar-refractivity contribution in [1.82, 2.24) is 9.55 Å². The molecular weight excluding hydrogens is 288 g/mol. The van der Waals surface area contributed by atoms with Crippen LogP contribution in [-0.4, -0.2) is 21.3 Å². The number of ether oxygens (including phenoxy) is 1. The first kappa shape index (κ1) is 15.6. The Morgan fingerprint density at radius 2 is 1.87 bits per heavy atom. The van der Waals surface area contributed by atoms with Crippen LogP contribution in [0.2, 0.25) is 0 Å². The van der Waals surface area contributed by atoms with E-state index in [2.05, 4.69) is 9.55 Å². The summed E-state index contributed by atoms with van der Waals surface area (Å²) in [6.45, 7) is 5.18. The van der Waals surface area contributed by atoms with E-state index in [0.717, 1.165) is 22.3 Å². The van der Waals surface area contributed by atoms with Crippen molar-refractivity contribution in [2.75, 3.05) is 6.61 Å². The summed E-state index contributed by atoms with van der Waals surface area (Å²) < 4.78 is 7.95. The molecule has 0 saturated heterocycles. The zero-order valence-corrected chi connectivity index (χ0v) is 13.6. The summed E-state index contributed by atoms with van der Waals surface area (Å²) in [5.74, 6) is 1.61. The monoisotopic (exact) mass is 310 g/mol. The maximum absolute atomic E-state index is 10.2. The fourth-order valence-corrected chi connectivity index (χ4v) is 2.73. The highest BCUT2D eigenvalue weighted by Gasteiger charge is 2.16. The summed E-state index contributed by atoms with van der Waals surface area (Å²) in [5.41, 5.74) is 3.06. The molecule has 1 N–H and O–H groups in total. The molecule has 0 amide bonds. The number of benzene rings is 2. The van der Waals surface area contributed by atoms with Gasteiger partial charge in [0.1, 0.15) is 24.3 Å². The predicted molar refractivity (Wildman–Crippen MR) is 91.7 cm³/mol. The summed E-state index contributed by atoms with van der Waals surface area (Å²) in [6, 6.07) is 15.9. The van der Waals surface area contributed by atoms with Gasteiger partial charge in [-0.2, -0.15) is 0 Å². The van der Waals surface area contributed by atoms with Gasteiger partial charge >= 0.3 is 0 Å². The van der Waals surface area contributed by atoms with Crippen LogP contribution in [0.5, 0.6) is 5.75 Å². The minimum Gasteiger partial charge on any atom is -0.491 e. The smallest absolute Gasteiger partial charge is 0.138 e. The Morgan fingerprint density at radius 3 is 2.65 bits per heavy atom. The van der Waals surface area contributed by atoms with Gasteiger partial charge in [-0.3, -0.25) is 0 Å². The molecule has 2 aromatic carbocycles. The van der Waals surface area contributed by atoms with Gasteiger partial charge in [0.15, 0.2) is 0 Å². The lowest BCUT2D eigenvalue weighted by atomic mass is 10.2. The Labute approximate surface area is 136 Å². The molecule has 0 saturated carbocycles. The van der Waals surface area contributed by atoms with Gasteiger partial charge in [0.05, 0.1) is 17.6 Å². The number of hydrogen-bond acceptors (Lipinski definition) is 3. The minimum absolute atomic E-state index is 0.536. The van der Waals surface area contributed by atoms with Crippen molar-refractivity contribution in [3.8, 4) is 5.75 Å². The van der Waals surface area contributed by atoms with E-state index < -0.39 is 6.10 Å². The number of aryl methyl sites for hydroxylation is 1. The molecule has 0 aliphatic rings. The molecule has 0 spiro atoms. The average molecular weight is 310 g/mol.